The summed E-state index contributed by atoms with van der Waals surface area (Å²) in [4.78, 5) is 11.7. The van der Waals surface area contributed by atoms with E-state index in [1.165, 1.54) is 0 Å². The Bertz CT molecular complexity index is 223. The van der Waals surface area contributed by atoms with Crippen LogP contribution in [-0.4, -0.2) is 12.1 Å². The maximum absolute atomic E-state index is 11.7. The highest BCUT2D eigenvalue weighted by molar-refractivity contribution is 5.75. The average Bonchev–Trinajstić information content (AvgIpc) is 2.09. The minimum Gasteiger partial charge on any atom is -0.457 e. The highest BCUT2D eigenvalue weighted by atomic mass is 16.5. The smallest absolute Gasteiger partial charge is 0.311 e. The zero-order valence-electron chi connectivity index (χ0n) is 10.7. The van der Waals surface area contributed by atoms with E-state index >= 15 is 0 Å². The van der Waals surface area contributed by atoms with E-state index < -0.39 is 5.41 Å². The minimum absolute atomic E-state index is 0.114. The highest BCUT2D eigenvalue weighted by Crippen LogP contribution is 2.20. The lowest BCUT2D eigenvalue weighted by Gasteiger charge is -2.23. The molecule has 0 radical (unpaired) electrons. The van der Waals surface area contributed by atoms with Crippen LogP contribution in [0.2, 0.25) is 0 Å². The lowest BCUT2D eigenvalue weighted by Crippen LogP contribution is -2.28. The average molecular weight is 212 g/mol. The monoisotopic (exact) mass is 212 g/mol. The van der Waals surface area contributed by atoms with E-state index in [9.17, 15) is 4.79 Å². The van der Waals surface area contributed by atoms with Crippen molar-refractivity contribution >= 4 is 5.97 Å². The summed E-state index contributed by atoms with van der Waals surface area (Å²) in [7, 11) is 0. The third-order valence-electron chi connectivity index (χ3n) is 2.23. The largest absolute Gasteiger partial charge is 0.457 e. The molecule has 0 heterocycles. The van der Waals surface area contributed by atoms with Gasteiger partial charge in [-0.25, -0.2) is 0 Å². The van der Waals surface area contributed by atoms with Gasteiger partial charge in [0.05, 0.1) is 5.41 Å². The number of esters is 1. The fraction of sp³-hybridized carbons (Fsp3) is 0.769. The number of hydrogen-bond acceptors (Lipinski definition) is 2. The Hall–Kier alpha value is -0.790. The Labute approximate surface area is 93.7 Å². The first kappa shape index (κ1) is 14.2. The molecular formula is C13H24O2. The number of rotatable bonds is 5. The Balaban J connectivity index is 4.29. The van der Waals surface area contributed by atoms with Crippen molar-refractivity contribution in [3.05, 3.63) is 12.2 Å². The molecule has 0 rings (SSSR count). The van der Waals surface area contributed by atoms with Crippen LogP contribution in [0.4, 0.5) is 0 Å². The van der Waals surface area contributed by atoms with Gasteiger partial charge in [-0.1, -0.05) is 19.9 Å². The standard InChI is InChI=1S/C13H24O2/c1-7-8-9-11(10(2)3)15-12(14)13(4,5)6/h11H,2,7-9H2,1,3-6H3. The van der Waals surface area contributed by atoms with Crippen molar-refractivity contribution in [3.63, 3.8) is 0 Å². The van der Waals surface area contributed by atoms with Gasteiger partial charge in [0.1, 0.15) is 6.10 Å². The van der Waals surface area contributed by atoms with E-state index in [1.807, 2.05) is 27.7 Å². The van der Waals surface area contributed by atoms with Crippen LogP contribution < -0.4 is 0 Å². The summed E-state index contributed by atoms with van der Waals surface area (Å²) in [6, 6.07) is 0. The molecule has 0 aromatic carbocycles. The van der Waals surface area contributed by atoms with Gasteiger partial charge in [0.2, 0.25) is 0 Å². The van der Waals surface area contributed by atoms with E-state index in [0.717, 1.165) is 24.8 Å². The van der Waals surface area contributed by atoms with Gasteiger partial charge in [0.25, 0.3) is 0 Å². The van der Waals surface area contributed by atoms with E-state index in [2.05, 4.69) is 13.5 Å². The molecule has 1 atom stereocenters. The number of ether oxygens (including phenoxy) is 1. The summed E-state index contributed by atoms with van der Waals surface area (Å²) < 4.78 is 5.44. The molecule has 0 saturated heterocycles. The molecule has 0 bridgehead atoms. The molecule has 88 valence electrons. The number of carbonyl (C=O) groups excluding carboxylic acids is 1. The molecular weight excluding hydrogens is 188 g/mol. The molecule has 0 fully saturated rings. The molecule has 15 heavy (non-hydrogen) atoms. The Morgan fingerprint density at radius 3 is 2.27 bits per heavy atom. The molecule has 0 aliphatic heterocycles. The van der Waals surface area contributed by atoms with Crippen LogP contribution in [0.25, 0.3) is 0 Å². The predicted octanol–water partition coefficient (Wildman–Crippen LogP) is 3.71. The second kappa shape index (κ2) is 5.94. The molecule has 2 nitrogen and oxygen atoms in total. The molecule has 0 aliphatic carbocycles. The predicted molar refractivity (Wildman–Crippen MR) is 63.7 cm³/mol. The van der Waals surface area contributed by atoms with Crippen molar-refractivity contribution in [2.75, 3.05) is 0 Å². The summed E-state index contributed by atoms with van der Waals surface area (Å²) in [5.74, 6) is -0.147. The quantitative estimate of drug-likeness (QED) is 0.513. The summed E-state index contributed by atoms with van der Waals surface area (Å²) in [5, 5.41) is 0. The Morgan fingerprint density at radius 1 is 1.40 bits per heavy atom. The van der Waals surface area contributed by atoms with Crippen LogP contribution in [0.5, 0.6) is 0 Å². The first-order valence-corrected chi connectivity index (χ1v) is 5.65. The fourth-order valence-corrected chi connectivity index (χ4v) is 1.10. The van der Waals surface area contributed by atoms with Gasteiger partial charge >= 0.3 is 5.97 Å². The normalized spacial score (nSPS) is 13.4. The van der Waals surface area contributed by atoms with E-state index in [0.29, 0.717) is 0 Å². The second-order valence-corrected chi connectivity index (χ2v) is 5.13. The number of unbranched alkanes of at least 4 members (excludes halogenated alkanes) is 1. The van der Waals surface area contributed by atoms with Gasteiger partial charge in [-0.15, -0.1) is 0 Å². The maximum atomic E-state index is 11.7. The van der Waals surface area contributed by atoms with Crippen molar-refractivity contribution < 1.29 is 9.53 Å². The van der Waals surface area contributed by atoms with Crippen molar-refractivity contribution in [2.45, 2.75) is 60.0 Å². The topological polar surface area (TPSA) is 26.3 Å². The third kappa shape index (κ3) is 5.60. The van der Waals surface area contributed by atoms with Crippen LogP contribution in [-0.2, 0) is 9.53 Å². The van der Waals surface area contributed by atoms with Gasteiger partial charge < -0.3 is 4.74 Å². The first-order valence-electron chi connectivity index (χ1n) is 5.65. The van der Waals surface area contributed by atoms with Crippen molar-refractivity contribution in [3.8, 4) is 0 Å². The summed E-state index contributed by atoms with van der Waals surface area (Å²) in [6.45, 7) is 13.5. The van der Waals surface area contributed by atoms with Gasteiger partial charge in [0.15, 0.2) is 0 Å². The molecule has 0 saturated carbocycles. The van der Waals surface area contributed by atoms with Gasteiger partial charge in [-0.2, -0.15) is 0 Å². The van der Waals surface area contributed by atoms with Crippen molar-refractivity contribution in [1.82, 2.24) is 0 Å². The van der Waals surface area contributed by atoms with E-state index in [-0.39, 0.29) is 12.1 Å². The summed E-state index contributed by atoms with van der Waals surface area (Å²) in [5.41, 5.74) is 0.501. The molecule has 0 N–H and O–H groups in total. The van der Waals surface area contributed by atoms with Crippen LogP contribution in [0.1, 0.15) is 53.9 Å². The van der Waals surface area contributed by atoms with Crippen LogP contribution in [0, 0.1) is 5.41 Å². The molecule has 0 amide bonds. The Morgan fingerprint density at radius 2 is 1.93 bits per heavy atom. The molecule has 0 aromatic heterocycles. The van der Waals surface area contributed by atoms with Crippen LogP contribution in [0.15, 0.2) is 12.2 Å². The lowest BCUT2D eigenvalue weighted by atomic mass is 9.97. The fourth-order valence-electron chi connectivity index (χ4n) is 1.10. The molecule has 1 unspecified atom stereocenters. The van der Waals surface area contributed by atoms with Gasteiger partial charge in [-0.3, -0.25) is 4.79 Å². The highest BCUT2D eigenvalue weighted by Gasteiger charge is 2.26. The van der Waals surface area contributed by atoms with E-state index in [1.54, 1.807) is 0 Å². The first-order chi connectivity index (χ1) is 6.79. The zero-order chi connectivity index (χ0) is 12.1. The molecule has 2 heteroatoms. The van der Waals surface area contributed by atoms with Crippen molar-refractivity contribution in [2.24, 2.45) is 5.41 Å². The van der Waals surface area contributed by atoms with Gasteiger partial charge in [-0.05, 0) is 46.1 Å². The lowest BCUT2D eigenvalue weighted by molar-refractivity contribution is -0.157. The van der Waals surface area contributed by atoms with Crippen molar-refractivity contribution in [1.29, 1.82) is 0 Å². The second-order valence-electron chi connectivity index (χ2n) is 5.13. The minimum atomic E-state index is -0.431. The molecule has 0 aromatic rings. The summed E-state index contributed by atoms with van der Waals surface area (Å²) in [6.07, 6.45) is 2.94. The van der Waals surface area contributed by atoms with Crippen LogP contribution >= 0.6 is 0 Å². The number of hydrogen-bond donors (Lipinski definition) is 0. The van der Waals surface area contributed by atoms with E-state index in [4.69, 9.17) is 4.74 Å². The molecule has 0 aliphatic rings. The van der Waals surface area contributed by atoms with Gasteiger partial charge in [0, 0.05) is 0 Å². The summed E-state index contributed by atoms with van der Waals surface area (Å²) >= 11 is 0. The maximum Gasteiger partial charge on any atom is 0.311 e. The SMILES string of the molecule is C=C(C)C(CCCC)OC(=O)C(C)(C)C. The zero-order valence-corrected chi connectivity index (χ0v) is 10.7. The Kier molecular flexibility index (Phi) is 5.63. The third-order valence-corrected chi connectivity index (χ3v) is 2.23. The molecule has 0 spiro atoms. The number of carbonyl (C=O) groups is 1. The van der Waals surface area contributed by atoms with Crippen LogP contribution in [0.3, 0.4) is 0 Å².